The topological polar surface area (TPSA) is 138 Å². The van der Waals surface area contributed by atoms with Crippen molar-refractivity contribution in [3.05, 3.63) is 80.9 Å². The Morgan fingerprint density at radius 1 is 1.27 bits per heavy atom. The predicted molar refractivity (Wildman–Crippen MR) is 116 cm³/mol. The minimum Gasteiger partial charge on any atom is -0.454 e. The molecule has 1 atom stereocenters. The van der Waals surface area contributed by atoms with E-state index in [1.807, 2.05) is 37.3 Å². The number of nitrogens with zero attached hydrogens (tertiary/aromatic N) is 4. The van der Waals surface area contributed by atoms with Crippen LogP contribution in [0.1, 0.15) is 36.1 Å². The molecule has 0 aliphatic carbocycles. The van der Waals surface area contributed by atoms with Crippen LogP contribution in [0.15, 0.2) is 53.9 Å². The highest BCUT2D eigenvalue weighted by Gasteiger charge is 2.41. The molecule has 0 fully saturated rings. The van der Waals surface area contributed by atoms with Crippen molar-refractivity contribution in [2.75, 3.05) is 6.79 Å². The molecule has 2 aromatic carbocycles. The molecule has 0 radical (unpaired) electrons. The molecule has 33 heavy (non-hydrogen) atoms. The van der Waals surface area contributed by atoms with Crippen LogP contribution in [0.5, 0.6) is 17.4 Å². The molecule has 2 aliphatic heterocycles. The largest absolute Gasteiger partial charge is 0.454 e. The van der Waals surface area contributed by atoms with E-state index in [2.05, 4.69) is 6.07 Å². The second kappa shape index (κ2) is 7.87. The number of aryl methyl sites for hydroxylation is 1. The summed E-state index contributed by atoms with van der Waals surface area (Å²) < 4.78 is 18.3. The zero-order valence-corrected chi connectivity index (χ0v) is 17.6. The molecule has 2 aliphatic rings. The SMILES string of the molecule is CCCc1nn(-c2ccccc2)c2c1C(c1cc3c(cc1[N+](=O)[O-])OCO3)C(C#N)=C(N)O2. The first-order valence-corrected chi connectivity index (χ1v) is 10.4. The second-order valence-electron chi connectivity index (χ2n) is 7.61. The quantitative estimate of drug-likeness (QED) is 0.463. The normalized spacial score (nSPS) is 16.2. The van der Waals surface area contributed by atoms with Gasteiger partial charge in [-0.15, -0.1) is 0 Å². The molecule has 0 saturated carbocycles. The van der Waals surface area contributed by atoms with Gasteiger partial charge < -0.3 is 19.9 Å². The van der Waals surface area contributed by atoms with Crippen molar-refractivity contribution in [1.82, 2.24) is 9.78 Å². The molecular formula is C23H19N5O5. The maximum atomic E-state index is 12.0. The van der Waals surface area contributed by atoms with E-state index in [-0.39, 0.29) is 35.2 Å². The van der Waals surface area contributed by atoms with Gasteiger partial charge in [0.15, 0.2) is 11.5 Å². The van der Waals surface area contributed by atoms with Crippen molar-refractivity contribution in [3.63, 3.8) is 0 Å². The molecule has 0 amide bonds. The van der Waals surface area contributed by atoms with Gasteiger partial charge in [0.2, 0.25) is 18.6 Å². The Morgan fingerprint density at radius 2 is 2.00 bits per heavy atom. The number of rotatable bonds is 5. The summed E-state index contributed by atoms with van der Waals surface area (Å²) in [5, 5.41) is 26.7. The monoisotopic (exact) mass is 445 g/mol. The summed E-state index contributed by atoms with van der Waals surface area (Å²) in [5.41, 5.74) is 8.30. The van der Waals surface area contributed by atoms with Crippen LogP contribution >= 0.6 is 0 Å². The fourth-order valence-corrected chi connectivity index (χ4v) is 4.22. The highest BCUT2D eigenvalue weighted by atomic mass is 16.7. The molecule has 10 heteroatoms. The number of para-hydroxylation sites is 1. The molecule has 1 aromatic heterocycles. The van der Waals surface area contributed by atoms with Crippen LogP contribution in [-0.2, 0) is 6.42 Å². The summed E-state index contributed by atoms with van der Waals surface area (Å²) in [4.78, 5) is 11.5. The van der Waals surface area contributed by atoms with Crippen molar-refractivity contribution < 1.29 is 19.1 Å². The van der Waals surface area contributed by atoms with Gasteiger partial charge in [-0.25, -0.2) is 4.68 Å². The number of benzene rings is 2. The van der Waals surface area contributed by atoms with Gasteiger partial charge in [-0.1, -0.05) is 31.5 Å². The maximum Gasteiger partial charge on any atom is 0.277 e. The van der Waals surface area contributed by atoms with Crippen LogP contribution in [0.3, 0.4) is 0 Å². The number of fused-ring (bicyclic) bond motifs is 2. The number of allylic oxidation sites excluding steroid dienone is 1. The lowest BCUT2D eigenvalue weighted by atomic mass is 9.82. The predicted octanol–water partition coefficient (Wildman–Crippen LogP) is 3.68. The van der Waals surface area contributed by atoms with E-state index >= 15 is 0 Å². The van der Waals surface area contributed by atoms with Crippen LogP contribution in [0.2, 0.25) is 0 Å². The first-order valence-electron chi connectivity index (χ1n) is 10.4. The van der Waals surface area contributed by atoms with E-state index in [1.165, 1.54) is 6.07 Å². The number of ether oxygens (including phenoxy) is 3. The molecule has 10 nitrogen and oxygen atoms in total. The lowest BCUT2D eigenvalue weighted by molar-refractivity contribution is -0.385. The van der Waals surface area contributed by atoms with Crippen molar-refractivity contribution in [1.29, 1.82) is 5.26 Å². The van der Waals surface area contributed by atoms with Gasteiger partial charge in [-0.2, -0.15) is 10.4 Å². The minimum atomic E-state index is -0.854. The summed E-state index contributed by atoms with van der Waals surface area (Å²) in [6, 6.07) is 14.3. The van der Waals surface area contributed by atoms with Crippen LogP contribution in [0.25, 0.3) is 5.69 Å². The Bertz CT molecular complexity index is 1340. The van der Waals surface area contributed by atoms with Gasteiger partial charge in [-0.05, 0) is 24.6 Å². The van der Waals surface area contributed by atoms with Gasteiger partial charge in [0, 0.05) is 5.56 Å². The summed E-state index contributed by atoms with van der Waals surface area (Å²) in [5.74, 6) is 0.00169. The number of nitrogens with two attached hydrogens (primary N) is 1. The summed E-state index contributed by atoms with van der Waals surface area (Å²) in [6.07, 6.45) is 1.36. The van der Waals surface area contributed by atoms with Gasteiger partial charge in [0.25, 0.3) is 5.69 Å². The molecule has 0 bridgehead atoms. The molecule has 5 rings (SSSR count). The number of aromatic nitrogens is 2. The van der Waals surface area contributed by atoms with Crippen LogP contribution in [0.4, 0.5) is 5.69 Å². The van der Waals surface area contributed by atoms with Gasteiger partial charge in [-0.3, -0.25) is 10.1 Å². The van der Waals surface area contributed by atoms with Crippen molar-refractivity contribution in [2.45, 2.75) is 25.7 Å². The van der Waals surface area contributed by atoms with Gasteiger partial charge >= 0.3 is 0 Å². The number of nitro groups is 1. The number of hydrogen-bond donors (Lipinski definition) is 1. The standard InChI is InChI=1S/C23H19N5O5/c1-2-6-16-21-20(14-9-18-19(32-12-31-18)10-17(14)28(29)30)15(11-24)22(25)33-23(21)27(26-16)13-7-4-3-5-8-13/h3-5,7-10,20H,2,6,12,25H2,1H3. The third kappa shape index (κ3) is 3.22. The van der Waals surface area contributed by atoms with Crippen molar-refractivity contribution >= 4 is 5.69 Å². The summed E-state index contributed by atoms with van der Waals surface area (Å²) in [6.45, 7) is 1.97. The average Bonchev–Trinajstić information content (AvgIpc) is 3.42. The van der Waals surface area contributed by atoms with E-state index in [1.54, 1.807) is 10.7 Å². The highest BCUT2D eigenvalue weighted by Crippen LogP contribution is 2.50. The zero-order valence-electron chi connectivity index (χ0n) is 17.6. The number of nitriles is 1. The van der Waals surface area contributed by atoms with Gasteiger partial charge in [0.05, 0.1) is 33.9 Å². The Balaban J connectivity index is 1.81. The first kappa shape index (κ1) is 20.4. The van der Waals surface area contributed by atoms with Crippen LogP contribution < -0.4 is 19.9 Å². The molecule has 0 saturated heterocycles. The fraction of sp³-hybridized carbons (Fsp3) is 0.217. The van der Waals surface area contributed by atoms with Gasteiger partial charge in [0.1, 0.15) is 11.6 Å². The highest BCUT2D eigenvalue weighted by molar-refractivity contribution is 5.65. The van der Waals surface area contributed by atoms with E-state index in [9.17, 15) is 15.4 Å². The lowest BCUT2D eigenvalue weighted by Crippen LogP contribution is -2.22. The van der Waals surface area contributed by atoms with Crippen LogP contribution in [0, 0.1) is 21.4 Å². The maximum absolute atomic E-state index is 12.0. The Morgan fingerprint density at radius 3 is 2.67 bits per heavy atom. The Labute approximate surface area is 188 Å². The Hall–Kier alpha value is -4.52. The molecule has 3 heterocycles. The third-order valence-corrected chi connectivity index (χ3v) is 5.64. The molecule has 0 spiro atoms. The second-order valence-corrected chi connectivity index (χ2v) is 7.61. The molecule has 1 unspecified atom stereocenters. The van der Waals surface area contributed by atoms with Crippen LogP contribution in [-0.4, -0.2) is 21.5 Å². The molecular weight excluding hydrogens is 426 g/mol. The minimum absolute atomic E-state index is 0.0366. The fourth-order valence-electron chi connectivity index (χ4n) is 4.22. The van der Waals surface area contributed by atoms with E-state index < -0.39 is 10.8 Å². The molecule has 3 aromatic rings. The molecule has 166 valence electrons. The third-order valence-electron chi connectivity index (χ3n) is 5.64. The van der Waals surface area contributed by atoms with E-state index in [0.717, 1.165) is 12.1 Å². The average molecular weight is 445 g/mol. The van der Waals surface area contributed by atoms with E-state index in [4.69, 9.17) is 25.0 Å². The zero-order chi connectivity index (χ0) is 23.1. The summed E-state index contributed by atoms with van der Waals surface area (Å²) >= 11 is 0. The van der Waals surface area contributed by atoms with Crippen molar-refractivity contribution in [3.8, 4) is 29.1 Å². The summed E-state index contributed by atoms with van der Waals surface area (Å²) in [7, 11) is 0. The van der Waals surface area contributed by atoms with E-state index in [0.29, 0.717) is 29.3 Å². The molecule has 2 N–H and O–H groups in total. The Kier molecular flexibility index (Phi) is 4.86. The number of nitro benzene ring substituents is 1. The van der Waals surface area contributed by atoms with Crippen molar-refractivity contribution in [2.24, 2.45) is 5.73 Å². The smallest absolute Gasteiger partial charge is 0.277 e. The number of hydrogen-bond acceptors (Lipinski definition) is 8. The first-order chi connectivity index (χ1) is 16.0. The lowest BCUT2D eigenvalue weighted by Gasteiger charge is -2.25.